The third-order valence-electron chi connectivity index (χ3n) is 22.9. The van der Waals surface area contributed by atoms with Crippen LogP contribution in [0.15, 0.2) is 128 Å². The number of aromatic nitrogens is 3. The number of benzene rings is 3. The molecule has 6 aliphatic carbocycles. The van der Waals surface area contributed by atoms with E-state index in [1.165, 1.54) is 47.1 Å². The lowest BCUT2D eigenvalue weighted by molar-refractivity contribution is 0.0687. The van der Waals surface area contributed by atoms with Crippen LogP contribution in [0, 0.1) is 27.1 Å². The van der Waals surface area contributed by atoms with E-state index in [4.69, 9.17) is 33.2 Å². The van der Waals surface area contributed by atoms with E-state index < -0.39 is 0 Å². The minimum atomic E-state index is 0.143. The smallest absolute Gasteiger partial charge is 0.217 e. The second kappa shape index (κ2) is 49.0. The first-order valence-electron chi connectivity index (χ1n) is 50.6. The van der Waals surface area contributed by atoms with Gasteiger partial charge in [0.25, 0.3) is 0 Å². The van der Waals surface area contributed by atoms with Crippen molar-refractivity contribution in [1.82, 2.24) is 46.9 Å². The molecule has 16 heteroatoms. The van der Waals surface area contributed by atoms with Gasteiger partial charge >= 0.3 is 0 Å². The number of hydrogen-bond acceptors (Lipinski definition) is 16. The largest absolute Gasteiger partial charge is 0.493 e. The molecule has 16 nitrogen and oxygen atoms in total. The van der Waals surface area contributed by atoms with Gasteiger partial charge in [0.15, 0.2) is 0 Å². The third-order valence-corrected chi connectivity index (χ3v) is 22.9. The highest BCUT2D eigenvalue weighted by Gasteiger charge is 2.39. The zero-order chi connectivity index (χ0) is 98.2. The third kappa shape index (κ3) is 50.2. The predicted octanol–water partition coefficient (Wildman–Crippen LogP) is 27.4. The van der Waals surface area contributed by atoms with E-state index in [2.05, 4.69) is 393 Å². The Labute approximate surface area is 801 Å². The second-order valence-corrected chi connectivity index (χ2v) is 52.0. The number of pyridine rings is 3. The molecule has 12 rings (SSSR count). The summed E-state index contributed by atoms with van der Waals surface area (Å²) >= 11 is 0. The summed E-state index contributed by atoms with van der Waals surface area (Å²) in [6.45, 7) is 85.0. The molecule has 0 saturated heterocycles. The molecule has 6 saturated carbocycles. The summed E-state index contributed by atoms with van der Waals surface area (Å²) in [4.78, 5) is 13.0. The Morgan fingerprint density at radius 2 is 0.519 bits per heavy atom. The van der Waals surface area contributed by atoms with Crippen LogP contribution in [-0.2, 0) is 31.1 Å². The highest BCUT2D eigenvalue weighted by molar-refractivity contribution is 5.34. The van der Waals surface area contributed by atoms with Crippen molar-refractivity contribution in [3.63, 3.8) is 0 Å². The van der Waals surface area contributed by atoms with Gasteiger partial charge in [0.2, 0.25) is 17.6 Å². The van der Waals surface area contributed by atoms with Crippen molar-refractivity contribution in [2.75, 3.05) is 6.61 Å². The van der Waals surface area contributed by atoms with Crippen LogP contribution in [0.4, 0.5) is 0 Å². The van der Waals surface area contributed by atoms with Gasteiger partial charge in [0.1, 0.15) is 59.6 Å². The van der Waals surface area contributed by atoms with Crippen LogP contribution in [0.3, 0.4) is 0 Å². The van der Waals surface area contributed by atoms with Crippen LogP contribution in [0.2, 0.25) is 0 Å². The second-order valence-electron chi connectivity index (χ2n) is 52.0. The number of rotatable bonds is 27. The van der Waals surface area contributed by atoms with Crippen LogP contribution in [0.25, 0.3) is 0 Å². The average Bonchev–Trinajstić information content (AvgIpc) is 0.835. The SMILES string of the molecule is CC.CC(C)(C)CCc1cccc(OC2CC(NC(C)(C)C)C2)c1.CC(C)(C)CCc1ccnc(OC2CC(NC(C)(C)C)C2)c1.CC(C)(C)CCc1ccnc(OC2CC(NC(C)(C)C)C2)c1.CC(C)(C)COc1ccnc(OC2CC(NC(C)(C)C)C2)c1.CC(C)(C)Cc1cccc(OC2CC(NC(C)(C)C)C2)c1.CC(C)(C)NC1CC(Oc2cccc(C(C)(C)C)c2)C1. The molecule has 6 N–H and O–H groups in total. The summed E-state index contributed by atoms with van der Waals surface area (Å²) in [6.07, 6.45) is 28.5. The molecule has 3 aromatic heterocycles. The quantitative estimate of drug-likeness (QED) is 0.0287. The van der Waals surface area contributed by atoms with Crippen molar-refractivity contribution in [1.29, 1.82) is 0 Å². The minimum absolute atomic E-state index is 0.143. The Hall–Kier alpha value is -6.53. The standard InChI is InChI=1S/C20H33NO.2C19H32N2O.C19H31NO.C18H30N2O2.C18H29NO.C2H6/c1-19(2,3)11-10-15-8-7-9-17(12-15)22-18-13-16(14-18)21-20(4,5)6;2*1-18(2,3)9-7-14-8-10-20-17(11-14)22-16-12-15(13-16)21-19(4,5)6;1-18(2,3)13-14-8-7-9-16(10-14)21-17-11-15(12-17)20-19(4,5)6;1-17(2,3)12-21-14-7-8-19-16(11-14)22-15-9-13(10-15)20-18(4,5)6;1-17(2,3)13-8-7-9-15(10-13)20-16-11-14(12-16)19-18(4,5)6;1-2/h7-9,12,16,18,21H,10-11,13-14H2,1-6H3;2*8,10-11,15-16,21H,7,9,12-13H2,1-6H3;7-10,15,17,20H,11-13H2,1-6H3;7-8,11,13,15,20H,9-10,12H2,1-6H3;7-10,14,16,19H,11-12H2,1-6H3;1-2H3. The molecule has 0 aliphatic heterocycles. The van der Waals surface area contributed by atoms with Gasteiger partial charge in [-0.3, -0.25) is 0 Å². The lowest BCUT2D eigenvalue weighted by Crippen LogP contribution is -2.53. The van der Waals surface area contributed by atoms with E-state index in [-0.39, 0.29) is 50.2 Å². The Kier molecular flexibility index (Phi) is 42.3. The topological polar surface area (TPSA) is 175 Å². The monoisotopic (exact) mass is 1810 g/mol. The van der Waals surface area contributed by atoms with Crippen molar-refractivity contribution in [2.24, 2.45) is 27.1 Å². The van der Waals surface area contributed by atoms with Crippen molar-refractivity contribution in [2.45, 2.75) is 497 Å². The maximum atomic E-state index is 6.13. The minimum Gasteiger partial charge on any atom is -0.493 e. The van der Waals surface area contributed by atoms with Gasteiger partial charge in [0, 0.05) is 106 Å². The molecule has 6 aromatic rings. The summed E-state index contributed by atoms with van der Waals surface area (Å²) in [6, 6.07) is 41.5. The van der Waals surface area contributed by atoms with E-state index in [1.54, 1.807) is 6.20 Å². The average molecular weight is 1810 g/mol. The van der Waals surface area contributed by atoms with Crippen LogP contribution in [0.5, 0.6) is 40.6 Å². The summed E-state index contributed by atoms with van der Waals surface area (Å²) in [5.41, 5.74) is 9.59. The molecule has 0 radical (unpaired) electrons. The number of nitrogens with one attached hydrogen (secondary N) is 6. The summed E-state index contributed by atoms with van der Waals surface area (Å²) in [5, 5.41) is 21.7. The highest BCUT2D eigenvalue weighted by Crippen LogP contribution is 2.37. The van der Waals surface area contributed by atoms with E-state index in [1.807, 2.05) is 38.4 Å². The van der Waals surface area contributed by atoms with E-state index in [0.29, 0.717) is 101 Å². The normalized spacial score (nSPS) is 22.2. The first-order valence-corrected chi connectivity index (χ1v) is 50.6. The fraction of sp³-hybridized carbons (Fsp3) is 0.713. The van der Waals surface area contributed by atoms with Gasteiger partial charge in [-0.15, -0.1) is 0 Å². The van der Waals surface area contributed by atoms with Crippen molar-refractivity contribution in [3.05, 3.63) is 156 Å². The fourth-order valence-electron chi connectivity index (χ4n) is 16.3. The Bertz CT molecular complexity index is 3860. The Morgan fingerprint density at radius 1 is 0.260 bits per heavy atom. The molecule has 0 atom stereocenters. The summed E-state index contributed by atoms with van der Waals surface area (Å²) in [7, 11) is 0. The van der Waals surface area contributed by atoms with E-state index in [0.717, 1.165) is 137 Å². The Morgan fingerprint density at radius 3 is 0.802 bits per heavy atom. The number of ether oxygens (including phenoxy) is 7. The molecule has 0 spiro atoms. The number of nitrogens with zero attached hydrogens (tertiary/aromatic N) is 3. The summed E-state index contributed by atoms with van der Waals surface area (Å²) < 4.78 is 42.1. The van der Waals surface area contributed by atoms with Gasteiger partial charge in [-0.05, 0) is 362 Å². The first-order chi connectivity index (χ1) is 60.2. The van der Waals surface area contributed by atoms with Gasteiger partial charge in [-0.2, -0.15) is 0 Å². The maximum absolute atomic E-state index is 6.13. The van der Waals surface area contributed by atoms with Gasteiger partial charge in [-0.1, -0.05) is 175 Å². The van der Waals surface area contributed by atoms with Crippen molar-refractivity contribution in [3.8, 4) is 40.6 Å². The molecule has 131 heavy (non-hydrogen) atoms. The molecule has 0 unspecified atom stereocenters. The lowest BCUT2D eigenvalue weighted by Gasteiger charge is -2.40. The summed E-state index contributed by atoms with van der Waals surface area (Å²) in [5.74, 6) is 6.11. The molecule has 6 aliphatic rings. The molecule has 740 valence electrons. The maximum Gasteiger partial charge on any atom is 0.217 e. The number of hydrogen-bond donors (Lipinski definition) is 6. The van der Waals surface area contributed by atoms with Crippen LogP contribution in [-0.4, -0.2) is 128 Å². The molecular formula is C115H193N9O7. The zero-order valence-electron chi connectivity index (χ0n) is 90.4. The molecule has 0 bridgehead atoms. The lowest BCUT2D eigenvalue weighted by atomic mass is 9.86. The molecule has 3 heterocycles. The van der Waals surface area contributed by atoms with Crippen LogP contribution < -0.4 is 65.1 Å². The van der Waals surface area contributed by atoms with Gasteiger partial charge in [0.05, 0.1) is 6.61 Å². The zero-order valence-corrected chi connectivity index (χ0v) is 90.4. The van der Waals surface area contributed by atoms with E-state index in [9.17, 15) is 0 Å². The predicted molar refractivity (Wildman–Crippen MR) is 555 cm³/mol. The van der Waals surface area contributed by atoms with Crippen LogP contribution >= 0.6 is 0 Å². The van der Waals surface area contributed by atoms with E-state index >= 15 is 0 Å². The number of aryl methyl sites for hydroxylation is 3. The van der Waals surface area contributed by atoms with Crippen molar-refractivity contribution < 1.29 is 33.2 Å². The molecule has 3 aromatic carbocycles. The first kappa shape index (κ1) is 113. The van der Waals surface area contributed by atoms with Gasteiger partial charge < -0.3 is 65.1 Å². The fourth-order valence-corrected chi connectivity index (χ4v) is 16.3. The molecule has 0 amide bonds. The highest BCUT2D eigenvalue weighted by atomic mass is 16.5. The van der Waals surface area contributed by atoms with Crippen molar-refractivity contribution >= 4 is 0 Å². The van der Waals surface area contributed by atoms with Gasteiger partial charge in [-0.25, -0.2) is 15.0 Å². The molecule has 6 fully saturated rings. The Balaban J connectivity index is 0.000000241. The van der Waals surface area contributed by atoms with Crippen LogP contribution in [0.1, 0.15) is 387 Å². The molecular weight excluding hydrogens is 1620 g/mol.